The predicted octanol–water partition coefficient (Wildman–Crippen LogP) is 10.3. The van der Waals surface area contributed by atoms with Gasteiger partial charge in [-0.1, -0.05) is 0 Å². The fourth-order valence-electron chi connectivity index (χ4n) is 8.32. The first kappa shape index (κ1) is 26.1. The van der Waals surface area contributed by atoms with Crippen LogP contribution in [-0.2, 0) is 36.0 Å². The van der Waals surface area contributed by atoms with Gasteiger partial charge in [0.1, 0.15) is 0 Å². The maximum atomic E-state index is 2.79. The first-order valence-corrected chi connectivity index (χ1v) is 24.8. The molecule has 0 radical (unpaired) electrons. The van der Waals surface area contributed by atoms with Crippen molar-refractivity contribution in [2.45, 2.75) is 96.3 Å². The fraction of sp³-hybridized carbons (Fsp3) is 0.486. The van der Waals surface area contributed by atoms with Gasteiger partial charge < -0.3 is 0 Å². The number of hydrogen-bond acceptors (Lipinski definition) is 0. The van der Waals surface area contributed by atoms with Crippen LogP contribution in [-0.4, -0.2) is 0 Å². The quantitative estimate of drug-likeness (QED) is 0.284. The monoisotopic (exact) mass is 646 g/mol. The molecule has 0 saturated carbocycles. The van der Waals surface area contributed by atoms with Crippen molar-refractivity contribution in [1.29, 1.82) is 0 Å². The van der Waals surface area contributed by atoms with Gasteiger partial charge in [0.2, 0.25) is 0 Å². The van der Waals surface area contributed by atoms with Gasteiger partial charge in [0, 0.05) is 0 Å². The van der Waals surface area contributed by atoms with Crippen molar-refractivity contribution in [3.05, 3.63) is 98.7 Å². The summed E-state index contributed by atoms with van der Waals surface area (Å²) in [6, 6.07) is 16.5. The zero-order valence-electron chi connectivity index (χ0n) is 24.4. The molecule has 0 spiro atoms. The molecule has 3 aliphatic carbocycles. The SMILES string of the molecule is CC1=C(C)[C](C)([Hf]([CH3])([CH3])[C]2(CC(C)c3ccccc3)C=Cc3cc4c(cc32)CC(C)(C)C4)C(C)=C1C. The van der Waals surface area contributed by atoms with Gasteiger partial charge in [0.05, 0.1) is 0 Å². The van der Waals surface area contributed by atoms with E-state index in [1.807, 2.05) is 0 Å². The zero-order valence-corrected chi connectivity index (χ0v) is 28.0. The number of hydrogen-bond donors (Lipinski definition) is 0. The predicted molar refractivity (Wildman–Crippen MR) is 155 cm³/mol. The van der Waals surface area contributed by atoms with E-state index >= 15 is 0 Å². The average molecular weight is 645 g/mol. The van der Waals surface area contributed by atoms with Crippen LogP contribution in [0, 0.1) is 5.41 Å². The molecule has 1 heteroatoms. The summed E-state index contributed by atoms with van der Waals surface area (Å²) in [5, 5.41) is 0. The van der Waals surface area contributed by atoms with E-state index in [1.165, 1.54) is 30.4 Å². The number of rotatable bonds is 5. The Balaban J connectivity index is 1.72. The normalized spacial score (nSPS) is 24.9. The molecule has 2 aromatic carbocycles. The molecule has 0 aliphatic heterocycles. The molecule has 0 heterocycles. The van der Waals surface area contributed by atoms with Crippen molar-refractivity contribution >= 4 is 6.08 Å². The van der Waals surface area contributed by atoms with Gasteiger partial charge in [-0.25, -0.2) is 0 Å². The molecule has 0 amide bonds. The van der Waals surface area contributed by atoms with E-state index in [0.717, 1.165) is 0 Å². The Morgan fingerprint density at radius 2 is 1.39 bits per heavy atom. The molecule has 0 aromatic heterocycles. The van der Waals surface area contributed by atoms with Crippen LogP contribution in [0.25, 0.3) is 6.08 Å². The third kappa shape index (κ3) is 3.54. The molecule has 0 nitrogen and oxygen atoms in total. The van der Waals surface area contributed by atoms with E-state index in [9.17, 15) is 0 Å². The van der Waals surface area contributed by atoms with Gasteiger partial charge in [-0.15, -0.1) is 0 Å². The van der Waals surface area contributed by atoms with Crippen molar-refractivity contribution in [2.75, 3.05) is 0 Å². The minimum atomic E-state index is -3.25. The fourth-order valence-corrected chi connectivity index (χ4v) is 27.5. The number of allylic oxidation sites excluding steroid dienone is 5. The van der Waals surface area contributed by atoms with Gasteiger partial charge in [-0.3, -0.25) is 0 Å². The Bertz CT molecular complexity index is 1290. The van der Waals surface area contributed by atoms with Crippen LogP contribution in [0.3, 0.4) is 0 Å². The molecule has 2 unspecified atom stereocenters. The van der Waals surface area contributed by atoms with Gasteiger partial charge in [-0.2, -0.15) is 0 Å². The molecule has 0 bridgehead atoms. The molecular weight excluding hydrogens is 599 g/mol. The van der Waals surface area contributed by atoms with Crippen LogP contribution in [0.2, 0.25) is 12.5 Å². The van der Waals surface area contributed by atoms with Crippen molar-refractivity contribution < 1.29 is 20.0 Å². The molecule has 3 aliphatic rings. The Morgan fingerprint density at radius 3 is 1.97 bits per heavy atom. The summed E-state index contributed by atoms with van der Waals surface area (Å²) in [7, 11) is 0. The van der Waals surface area contributed by atoms with Gasteiger partial charge in [0.15, 0.2) is 0 Å². The molecule has 2 aromatic rings. The summed E-state index contributed by atoms with van der Waals surface area (Å²) in [6.45, 7) is 19.6. The van der Waals surface area contributed by atoms with E-state index < -0.39 is 20.0 Å². The summed E-state index contributed by atoms with van der Waals surface area (Å²) in [5.41, 5.74) is 14.6. The second-order valence-electron chi connectivity index (χ2n) is 13.8. The molecule has 0 saturated heterocycles. The van der Waals surface area contributed by atoms with Crippen LogP contribution < -0.4 is 0 Å². The summed E-state index contributed by atoms with van der Waals surface area (Å²) in [4.78, 5) is 0. The van der Waals surface area contributed by atoms with E-state index in [4.69, 9.17) is 0 Å². The molecule has 36 heavy (non-hydrogen) atoms. The zero-order chi connectivity index (χ0) is 26.3. The van der Waals surface area contributed by atoms with Crippen molar-refractivity contribution in [3.8, 4) is 0 Å². The Kier molecular flexibility index (Phi) is 6.19. The molecule has 0 fully saturated rings. The van der Waals surface area contributed by atoms with E-state index in [-0.39, 0.29) is 6.34 Å². The van der Waals surface area contributed by atoms with Crippen LogP contribution >= 0.6 is 0 Å². The Hall–Kier alpha value is -1.47. The van der Waals surface area contributed by atoms with Crippen molar-refractivity contribution in [1.82, 2.24) is 0 Å². The number of benzene rings is 2. The van der Waals surface area contributed by atoms with Gasteiger partial charge in [-0.05, 0) is 0 Å². The molecular formula is C35H46Hf. The minimum absolute atomic E-state index is 0.168. The topological polar surface area (TPSA) is 0 Å². The molecule has 190 valence electrons. The average Bonchev–Trinajstić information content (AvgIpc) is 3.39. The Labute approximate surface area is 225 Å². The first-order chi connectivity index (χ1) is 16.7. The summed E-state index contributed by atoms with van der Waals surface area (Å²) < 4.78 is 5.98. The van der Waals surface area contributed by atoms with Gasteiger partial charge in [0.25, 0.3) is 0 Å². The van der Waals surface area contributed by atoms with Crippen LogP contribution in [0.15, 0.2) is 70.8 Å². The van der Waals surface area contributed by atoms with Gasteiger partial charge >= 0.3 is 226 Å². The van der Waals surface area contributed by atoms with Crippen LogP contribution in [0.5, 0.6) is 0 Å². The Morgan fingerprint density at radius 1 is 0.833 bits per heavy atom. The second-order valence-corrected chi connectivity index (χ2v) is 32.3. The van der Waals surface area contributed by atoms with E-state index in [0.29, 0.717) is 11.3 Å². The standard InChI is InChI=1S/C23H25.C10H15.2CH3.Hf/c1-16(17-7-5-4-6-8-17)11-18-9-10-19-12-20-14-23(2,3)15-21(20)13-22(18)19;1-6-7(2)9(4)10(5)8(6)3;;;/h4-10,12-13,16H,11,14-15H2,1-3H3;1-5H3;2*1H3;. The van der Waals surface area contributed by atoms with E-state index in [1.54, 1.807) is 39.0 Å². The maximum absolute atomic E-state index is 3.25. The number of fused-ring (bicyclic) bond motifs is 2. The molecule has 0 N–H and O–H groups in total. The van der Waals surface area contributed by atoms with Crippen LogP contribution in [0.1, 0.15) is 95.5 Å². The molecule has 5 rings (SSSR count). The second kappa shape index (κ2) is 8.52. The summed E-state index contributed by atoms with van der Waals surface area (Å²) in [6.07, 6.45) is 8.88. The summed E-state index contributed by atoms with van der Waals surface area (Å²) >= 11 is -3.25. The summed E-state index contributed by atoms with van der Waals surface area (Å²) in [5.74, 6) is 0.520. The van der Waals surface area contributed by atoms with Crippen molar-refractivity contribution in [2.24, 2.45) is 5.41 Å². The van der Waals surface area contributed by atoms with Crippen molar-refractivity contribution in [3.63, 3.8) is 0 Å². The third-order valence-electron chi connectivity index (χ3n) is 11.3. The molecule has 2 atom stereocenters. The van der Waals surface area contributed by atoms with Crippen LogP contribution in [0.4, 0.5) is 0 Å². The van der Waals surface area contributed by atoms with E-state index in [2.05, 4.69) is 119 Å². The third-order valence-corrected chi connectivity index (χ3v) is 33.3. The first-order valence-electron chi connectivity index (χ1n) is 14.0.